The number of carbonyl (C=O) groups excluding carboxylic acids is 1. The van der Waals surface area contributed by atoms with Gasteiger partial charge in [-0.2, -0.15) is 11.8 Å². The van der Waals surface area contributed by atoms with E-state index in [0.29, 0.717) is 6.42 Å². The van der Waals surface area contributed by atoms with Crippen LogP contribution in [0.3, 0.4) is 0 Å². The minimum Gasteiger partial charge on any atom is -0.356 e. The van der Waals surface area contributed by atoms with Crippen LogP contribution in [0.15, 0.2) is 0 Å². The second-order valence-corrected chi connectivity index (χ2v) is 4.14. The van der Waals surface area contributed by atoms with E-state index in [4.69, 9.17) is 0 Å². The standard InChI is InChI=1S/C10H21NOS/c1-3-4-5-6-8-11-10(12)7-9-13-2/h3-9H2,1-2H3,(H,11,12). The van der Waals surface area contributed by atoms with Crippen LogP contribution in [0, 0.1) is 0 Å². The maximum absolute atomic E-state index is 11.1. The predicted molar refractivity (Wildman–Crippen MR) is 60.2 cm³/mol. The van der Waals surface area contributed by atoms with E-state index in [1.807, 2.05) is 6.26 Å². The first-order valence-corrected chi connectivity index (χ1v) is 6.46. The first-order valence-electron chi connectivity index (χ1n) is 5.07. The van der Waals surface area contributed by atoms with Gasteiger partial charge in [-0.3, -0.25) is 4.79 Å². The lowest BCUT2D eigenvalue weighted by Gasteiger charge is -2.03. The number of hydrogen-bond acceptors (Lipinski definition) is 2. The summed E-state index contributed by atoms with van der Waals surface area (Å²) in [5.41, 5.74) is 0. The molecule has 0 aromatic heterocycles. The molecular weight excluding hydrogens is 182 g/mol. The van der Waals surface area contributed by atoms with Crippen molar-refractivity contribution in [3.63, 3.8) is 0 Å². The van der Waals surface area contributed by atoms with Crippen molar-refractivity contribution in [2.24, 2.45) is 0 Å². The second-order valence-electron chi connectivity index (χ2n) is 3.15. The fourth-order valence-electron chi connectivity index (χ4n) is 1.06. The molecule has 2 nitrogen and oxygen atoms in total. The molecule has 0 aliphatic heterocycles. The van der Waals surface area contributed by atoms with Crippen molar-refractivity contribution in [3.05, 3.63) is 0 Å². The quantitative estimate of drug-likeness (QED) is 0.614. The molecule has 1 N–H and O–H groups in total. The van der Waals surface area contributed by atoms with Crippen molar-refractivity contribution in [1.29, 1.82) is 0 Å². The summed E-state index contributed by atoms with van der Waals surface area (Å²) in [6.07, 6.45) is 7.57. The van der Waals surface area contributed by atoms with Crippen LogP contribution in [0.1, 0.15) is 39.0 Å². The Bertz CT molecular complexity index is 128. The first kappa shape index (κ1) is 12.8. The molecule has 0 aromatic rings. The minimum atomic E-state index is 0.200. The summed E-state index contributed by atoms with van der Waals surface area (Å²) in [5, 5.41) is 2.92. The van der Waals surface area contributed by atoms with Gasteiger partial charge >= 0.3 is 0 Å². The van der Waals surface area contributed by atoms with Gasteiger partial charge in [-0.15, -0.1) is 0 Å². The second kappa shape index (κ2) is 9.90. The average Bonchev–Trinajstić information content (AvgIpc) is 2.14. The molecule has 1 amide bonds. The number of unbranched alkanes of at least 4 members (excludes halogenated alkanes) is 3. The number of thioether (sulfide) groups is 1. The summed E-state index contributed by atoms with van der Waals surface area (Å²) < 4.78 is 0. The number of hydrogen-bond donors (Lipinski definition) is 1. The van der Waals surface area contributed by atoms with Gasteiger partial charge in [-0.05, 0) is 12.7 Å². The average molecular weight is 203 g/mol. The summed E-state index contributed by atoms with van der Waals surface area (Å²) in [7, 11) is 0. The predicted octanol–water partition coefficient (Wildman–Crippen LogP) is 2.44. The third-order valence-corrected chi connectivity index (χ3v) is 2.50. The molecule has 0 atom stereocenters. The fourth-order valence-corrected chi connectivity index (χ4v) is 1.45. The Balaban J connectivity index is 3.08. The van der Waals surface area contributed by atoms with Crippen molar-refractivity contribution >= 4 is 17.7 Å². The SMILES string of the molecule is CCCCCCNC(=O)CCSC. The van der Waals surface area contributed by atoms with Crippen LogP contribution in [-0.2, 0) is 4.79 Å². The topological polar surface area (TPSA) is 29.1 Å². The zero-order chi connectivity index (χ0) is 9.94. The highest BCUT2D eigenvalue weighted by Crippen LogP contribution is 1.98. The highest BCUT2D eigenvalue weighted by molar-refractivity contribution is 7.98. The highest BCUT2D eigenvalue weighted by Gasteiger charge is 1.98. The van der Waals surface area contributed by atoms with Gasteiger partial charge in [0.15, 0.2) is 0 Å². The molecule has 0 saturated carbocycles. The Morgan fingerprint density at radius 2 is 2.08 bits per heavy atom. The van der Waals surface area contributed by atoms with Crippen molar-refractivity contribution < 1.29 is 4.79 Å². The van der Waals surface area contributed by atoms with Gasteiger partial charge in [-0.1, -0.05) is 26.2 Å². The van der Waals surface area contributed by atoms with Gasteiger partial charge in [0, 0.05) is 18.7 Å². The molecule has 78 valence electrons. The molecule has 0 radical (unpaired) electrons. The van der Waals surface area contributed by atoms with E-state index in [-0.39, 0.29) is 5.91 Å². The third-order valence-electron chi connectivity index (χ3n) is 1.89. The molecule has 0 aromatic carbocycles. The van der Waals surface area contributed by atoms with Crippen LogP contribution in [0.4, 0.5) is 0 Å². The number of amides is 1. The summed E-state index contributed by atoms with van der Waals surface area (Å²) >= 11 is 1.72. The van der Waals surface area contributed by atoms with Crippen molar-refractivity contribution in [1.82, 2.24) is 5.32 Å². The summed E-state index contributed by atoms with van der Waals surface area (Å²) in [4.78, 5) is 11.1. The zero-order valence-corrected chi connectivity index (χ0v) is 9.58. The van der Waals surface area contributed by atoms with E-state index in [9.17, 15) is 4.79 Å². The molecule has 0 saturated heterocycles. The van der Waals surface area contributed by atoms with Gasteiger partial charge in [0.25, 0.3) is 0 Å². The van der Waals surface area contributed by atoms with E-state index < -0.39 is 0 Å². The van der Waals surface area contributed by atoms with Gasteiger partial charge in [0.2, 0.25) is 5.91 Å². The fraction of sp³-hybridized carbons (Fsp3) is 0.900. The molecule has 0 rings (SSSR count). The van der Waals surface area contributed by atoms with Gasteiger partial charge < -0.3 is 5.32 Å². The molecule has 0 spiro atoms. The largest absolute Gasteiger partial charge is 0.356 e. The normalized spacial score (nSPS) is 10.0. The van der Waals surface area contributed by atoms with Crippen LogP contribution in [0.5, 0.6) is 0 Å². The lowest BCUT2D eigenvalue weighted by atomic mass is 10.2. The van der Waals surface area contributed by atoms with Gasteiger partial charge in [0.1, 0.15) is 0 Å². The number of carbonyl (C=O) groups is 1. The minimum absolute atomic E-state index is 0.200. The van der Waals surface area contributed by atoms with Crippen molar-refractivity contribution in [2.75, 3.05) is 18.6 Å². The number of nitrogens with one attached hydrogen (secondary N) is 1. The maximum atomic E-state index is 11.1. The van der Waals surface area contributed by atoms with Crippen LogP contribution in [0.2, 0.25) is 0 Å². The Labute approximate surface area is 85.9 Å². The molecule has 0 heterocycles. The van der Waals surface area contributed by atoms with Crippen LogP contribution in [-0.4, -0.2) is 24.5 Å². The lowest BCUT2D eigenvalue weighted by Crippen LogP contribution is -2.24. The molecule has 0 unspecified atom stereocenters. The Morgan fingerprint density at radius 1 is 1.31 bits per heavy atom. The summed E-state index contributed by atoms with van der Waals surface area (Å²) in [5.74, 6) is 1.13. The highest BCUT2D eigenvalue weighted by atomic mass is 32.2. The van der Waals surface area contributed by atoms with E-state index >= 15 is 0 Å². The molecule has 0 bridgehead atoms. The van der Waals surface area contributed by atoms with Gasteiger partial charge in [-0.25, -0.2) is 0 Å². The van der Waals surface area contributed by atoms with E-state index in [2.05, 4.69) is 12.2 Å². The molecule has 0 aliphatic carbocycles. The van der Waals surface area contributed by atoms with E-state index in [1.165, 1.54) is 19.3 Å². The van der Waals surface area contributed by atoms with Crippen molar-refractivity contribution in [3.8, 4) is 0 Å². The lowest BCUT2D eigenvalue weighted by molar-refractivity contribution is -0.120. The van der Waals surface area contributed by atoms with Crippen molar-refractivity contribution in [2.45, 2.75) is 39.0 Å². The third kappa shape index (κ3) is 9.74. The summed E-state index contributed by atoms with van der Waals surface area (Å²) in [6.45, 7) is 3.05. The van der Waals surface area contributed by atoms with Crippen LogP contribution < -0.4 is 5.32 Å². The Morgan fingerprint density at radius 3 is 2.69 bits per heavy atom. The van der Waals surface area contributed by atoms with Crippen LogP contribution in [0.25, 0.3) is 0 Å². The molecular formula is C10H21NOS. The van der Waals surface area contributed by atoms with Gasteiger partial charge in [0.05, 0.1) is 0 Å². The monoisotopic (exact) mass is 203 g/mol. The summed E-state index contributed by atoms with van der Waals surface area (Å²) in [6, 6.07) is 0. The van der Waals surface area contributed by atoms with E-state index in [1.54, 1.807) is 11.8 Å². The Kier molecular flexibility index (Phi) is 9.77. The smallest absolute Gasteiger partial charge is 0.220 e. The first-order chi connectivity index (χ1) is 6.31. The molecule has 0 aliphatic rings. The Hall–Kier alpha value is -0.180. The molecule has 3 heteroatoms. The van der Waals surface area contributed by atoms with E-state index in [0.717, 1.165) is 18.7 Å². The number of rotatable bonds is 8. The van der Waals surface area contributed by atoms with Crippen LogP contribution >= 0.6 is 11.8 Å². The zero-order valence-electron chi connectivity index (χ0n) is 8.77. The molecule has 13 heavy (non-hydrogen) atoms. The molecule has 0 fully saturated rings. The maximum Gasteiger partial charge on any atom is 0.220 e.